The predicted molar refractivity (Wildman–Crippen MR) is 119 cm³/mol. The first kappa shape index (κ1) is 22.0. The number of Topliss-reactive ketones (excluding diaryl/α,β-unsaturated/α-hetero) is 1. The van der Waals surface area contributed by atoms with Crippen LogP contribution >= 0.6 is 0 Å². The highest BCUT2D eigenvalue weighted by Gasteiger charge is 2.24. The molecule has 0 saturated carbocycles. The zero-order valence-corrected chi connectivity index (χ0v) is 18.0. The molecule has 1 atom stereocenters. The number of amides is 1. The van der Waals surface area contributed by atoms with Crippen LogP contribution in [0.4, 0.5) is 0 Å². The van der Waals surface area contributed by atoms with E-state index in [4.69, 9.17) is 4.74 Å². The van der Waals surface area contributed by atoms with Gasteiger partial charge in [-0.15, -0.1) is 0 Å². The minimum absolute atomic E-state index is 0.0108. The molecule has 0 bridgehead atoms. The van der Waals surface area contributed by atoms with Gasteiger partial charge < -0.3 is 10.1 Å². The van der Waals surface area contributed by atoms with Crippen LogP contribution in [0.3, 0.4) is 0 Å². The van der Waals surface area contributed by atoms with Gasteiger partial charge in [0.2, 0.25) is 5.91 Å². The molecule has 3 rings (SSSR count). The smallest absolute Gasteiger partial charge is 0.220 e. The highest BCUT2D eigenvalue weighted by molar-refractivity contribution is 5.97. The number of hydrogen-bond acceptors (Lipinski definition) is 4. The fourth-order valence-electron chi connectivity index (χ4n) is 3.96. The van der Waals surface area contributed by atoms with Gasteiger partial charge in [-0.25, -0.2) is 0 Å². The summed E-state index contributed by atoms with van der Waals surface area (Å²) >= 11 is 0. The molecule has 160 valence electrons. The van der Waals surface area contributed by atoms with Crippen molar-refractivity contribution in [2.45, 2.75) is 45.1 Å². The van der Waals surface area contributed by atoms with Crippen molar-refractivity contribution >= 4 is 11.7 Å². The number of ketones is 1. The Kier molecular flexibility index (Phi) is 8.03. The van der Waals surface area contributed by atoms with Gasteiger partial charge in [-0.3, -0.25) is 14.5 Å². The average molecular weight is 409 g/mol. The van der Waals surface area contributed by atoms with E-state index in [1.165, 1.54) is 18.4 Å². The Morgan fingerprint density at radius 1 is 1.07 bits per heavy atom. The zero-order chi connectivity index (χ0) is 21.3. The van der Waals surface area contributed by atoms with E-state index in [2.05, 4.69) is 23.2 Å². The standard InChI is InChI=1S/C25H32N2O3/c1-3-19-9-11-20(12-10-19)24(28)13-14-25(29)26-18-23(27-15-4-5-16-27)21-7-6-8-22(17-21)30-2/h6-12,17,23H,3-5,13-16,18H2,1-2H3,(H,26,29). The molecule has 5 nitrogen and oxygen atoms in total. The van der Waals surface area contributed by atoms with Gasteiger partial charge in [0.25, 0.3) is 0 Å². The first-order valence-corrected chi connectivity index (χ1v) is 10.9. The molecule has 1 heterocycles. The van der Waals surface area contributed by atoms with Gasteiger partial charge >= 0.3 is 0 Å². The quantitative estimate of drug-likeness (QED) is 0.600. The second kappa shape index (κ2) is 10.9. The Morgan fingerprint density at radius 2 is 1.80 bits per heavy atom. The first-order chi connectivity index (χ1) is 14.6. The first-order valence-electron chi connectivity index (χ1n) is 10.9. The molecule has 1 amide bonds. The van der Waals surface area contributed by atoms with Crippen molar-refractivity contribution < 1.29 is 14.3 Å². The number of nitrogens with zero attached hydrogens (tertiary/aromatic N) is 1. The lowest BCUT2D eigenvalue weighted by Gasteiger charge is -2.28. The molecule has 0 radical (unpaired) electrons. The lowest BCUT2D eigenvalue weighted by atomic mass is 10.0. The van der Waals surface area contributed by atoms with Gasteiger partial charge in [-0.2, -0.15) is 0 Å². The number of methoxy groups -OCH3 is 1. The van der Waals surface area contributed by atoms with Crippen molar-refractivity contribution in [3.8, 4) is 5.75 Å². The van der Waals surface area contributed by atoms with Crippen LogP contribution in [0, 0.1) is 0 Å². The van der Waals surface area contributed by atoms with E-state index in [-0.39, 0.29) is 30.6 Å². The van der Waals surface area contributed by atoms with E-state index in [9.17, 15) is 9.59 Å². The molecule has 0 spiro atoms. The zero-order valence-electron chi connectivity index (χ0n) is 18.0. The normalized spacial score (nSPS) is 15.0. The molecular weight excluding hydrogens is 376 g/mol. The molecular formula is C25H32N2O3. The number of nitrogens with one attached hydrogen (secondary N) is 1. The van der Waals surface area contributed by atoms with E-state index in [0.717, 1.165) is 30.8 Å². The van der Waals surface area contributed by atoms with Crippen molar-refractivity contribution in [3.05, 3.63) is 65.2 Å². The number of rotatable bonds is 10. The summed E-state index contributed by atoms with van der Waals surface area (Å²) in [6.07, 6.45) is 3.74. The van der Waals surface area contributed by atoms with Crippen molar-refractivity contribution in [2.75, 3.05) is 26.7 Å². The van der Waals surface area contributed by atoms with Crippen LogP contribution in [-0.4, -0.2) is 43.3 Å². The largest absolute Gasteiger partial charge is 0.497 e. The lowest BCUT2D eigenvalue weighted by Crippen LogP contribution is -2.36. The van der Waals surface area contributed by atoms with Crippen LogP contribution < -0.4 is 10.1 Å². The fraction of sp³-hybridized carbons (Fsp3) is 0.440. The second-order valence-electron chi connectivity index (χ2n) is 7.81. The molecule has 2 aromatic rings. The van der Waals surface area contributed by atoms with E-state index < -0.39 is 0 Å². The Balaban J connectivity index is 1.55. The van der Waals surface area contributed by atoms with E-state index >= 15 is 0 Å². The Hall–Kier alpha value is -2.66. The molecule has 0 aromatic heterocycles. The molecule has 5 heteroatoms. The number of likely N-dealkylation sites (tertiary alicyclic amines) is 1. The molecule has 1 N–H and O–H groups in total. The lowest BCUT2D eigenvalue weighted by molar-refractivity contribution is -0.121. The third kappa shape index (κ3) is 5.92. The summed E-state index contributed by atoms with van der Waals surface area (Å²) in [5.41, 5.74) is 3.02. The average Bonchev–Trinajstić information content (AvgIpc) is 3.32. The van der Waals surface area contributed by atoms with Crippen molar-refractivity contribution in [1.82, 2.24) is 10.2 Å². The predicted octanol–water partition coefficient (Wildman–Crippen LogP) is 4.17. The van der Waals surface area contributed by atoms with Crippen molar-refractivity contribution in [3.63, 3.8) is 0 Å². The van der Waals surface area contributed by atoms with Gasteiger partial charge in [0.1, 0.15) is 5.75 Å². The van der Waals surface area contributed by atoms with E-state index in [1.54, 1.807) is 7.11 Å². The summed E-state index contributed by atoms with van der Waals surface area (Å²) in [7, 11) is 1.67. The highest BCUT2D eigenvalue weighted by Crippen LogP contribution is 2.27. The van der Waals surface area contributed by atoms with Crippen LogP contribution in [0.1, 0.15) is 60.1 Å². The number of ether oxygens (including phenoxy) is 1. The fourth-order valence-corrected chi connectivity index (χ4v) is 3.96. The summed E-state index contributed by atoms with van der Waals surface area (Å²) in [5.74, 6) is 0.750. The third-order valence-corrected chi connectivity index (χ3v) is 5.82. The van der Waals surface area contributed by atoms with Gasteiger partial charge in [-0.05, 0) is 55.6 Å². The second-order valence-corrected chi connectivity index (χ2v) is 7.81. The molecule has 1 saturated heterocycles. The molecule has 1 fully saturated rings. The number of hydrogen-bond donors (Lipinski definition) is 1. The summed E-state index contributed by atoms with van der Waals surface area (Å²) in [6, 6.07) is 15.8. The minimum Gasteiger partial charge on any atom is -0.497 e. The monoisotopic (exact) mass is 408 g/mol. The number of aryl methyl sites for hydroxylation is 1. The molecule has 1 aliphatic rings. The Labute approximate surface area is 179 Å². The third-order valence-electron chi connectivity index (χ3n) is 5.82. The topological polar surface area (TPSA) is 58.6 Å². The van der Waals surface area contributed by atoms with Gasteiger partial charge in [0.05, 0.1) is 13.2 Å². The van der Waals surface area contributed by atoms with Crippen LogP contribution in [0.25, 0.3) is 0 Å². The van der Waals surface area contributed by atoms with Crippen LogP contribution in [0.5, 0.6) is 5.75 Å². The number of carbonyl (C=O) groups is 2. The van der Waals surface area contributed by atoms with Gasteiger partial charge in [0, 0.05) is 24.9 Å². The minimum atomic E-state index is -0.0828. The van der Waals surface area contributed by atoms with Crippen LogP contribution in [0.2, 0.25) is 0 Å². The maximum atomic E-state index is 12.4. The molecule has 2 aromatic carbocycles. The van der Waals surface area contributed by atoms with Gasteiger partial charge in [0.15, 0.2) is 5.78 Å². The number of carbonyl (C=O) groups excluding carboxylic acids is 2. The maximum Gasteiger partial charge on any atom is 0.220 e. The number of benzene rings is 2. The summed E-state index contributed by atoms with van der Waals surface area (Å²) in [6.45, 7) is 4.68. The Morgan fingerprint density at radius 3 is 2.47 bits per heavy atom. The van der Waals surface area contributed by atoms with E-state index in [0.29, 0.717) is 12.1 Å². The molecule has 30 heavy (non-hydrogen) atoms. The van der Waals surface area contributed by atoms with Crippen LogP contribution in [0.15, 0.2) is 48.5 Å². The highest BCUT2D eigenvalue weighted by atomic mass is 16.5. The Bertz CT molecular complexity index is 842. The maximum absolute atomic E-state index is 12.4. The molecule has 1 unspecified atom stereocenters. The molecule has 1 aliphatic heterocycles. The summed E-state index contributed by atoms with van der Waals surface area (Å²) in [4.78, 5) is 27.2. The summed E-state index contributed by atoms with van der Waals surface area (Å²) in [5, 5.41) is 3.05. The van der Waals surface area contributed by atoms with Gasteiger partial charge in [-0.1, -0.05) is 43.3 Å². The van der Waals surface area contributed by atoms with E-state index in [1.807, 2.05) is 42.5 Å². The SMILES string of the molecule is CCc1ccc(C(=O)CCC(=O)NCC(c2cccc(OC)c2)N2CCCC2)cc1. The van der Waals surface area contributed by atoms with Crippen molar-refractivity contribution in [1.29, 1.82) is 0 Å². The van der Waals surface area contributed by atoms with Crippen LogP contribution in [-0.2, 0) is 11.2 Å². The summed E-state index contributed by atoms with van der Waals surface area (Å²) < 4.78 is 5.37. The van der Waals surface area contributed by atoms with Crippen molar-refractivity contribution in [2.24, 2.45) is 0 Å². The molecule has 0 aliphatic carbocycles.